The van der Waals surface area contributed by atoms with Gasteiger partial charge in [-0.15, -0.1) is 11.3 Å². The fourth-order valence-corrected chi connectivity index (χ4v) is 3.28. The van der Waals surface area contributed by atoms with E-state index in [9.17, 15) is 18.4 Å². The van der Waals surface area contributed by atoms with Crippen LogP contribution in [0.2, 0.25) is 0 Å². The van der Waals surface area contributed by atoms with Gasteiger partial charge in [-0.2, -0.15) is 0 Å². The average Bonchev–Trinajstić information content (AvgIpc) is 3.28. The predicted octanol–water partition coefficient (Wildman–Crippen LogP) is 3.34. The van der Waals surface area contributed by atoms with Crippen LogP contribution in [-0.2, 0) is 11.3 Å². The summed E-state index contributed by atoms with van der Waals surface area (Å²) in [5.74, 6) is -2.34. The number of nitrogens with zero attached hydrogens (tertiary/aromatic N) is 1. The van der Waals surface area contributed by atoms with Crippen LogP contribution in [0.15, 0.2) is 35.7 Å². The van der Waals surface area contributed by atoms with Crippen molar-refractivity contribution < 1.29 is 18.4 Å². The maximum absolute atomic E-state index is 13.6. The van der Waals surface area contributed by atoms with E-state index in [-0.39, 0.29) is 30.5 Å². The number of halogens is 2. The van der Waals surface area contributed by atoms with Gasteiger partial charge in [0.15, 0.2) is 0 Å². The summed E-state index contributed by atoms with van der Waals surface area (Å²) in [4.78, 5) is 27.3. The van der Waals surface area contributed by atoms with Gasteiger partial charge in [0.05, 0.1) is 12.1 Å². The summed E-state index contributed by atoms with van der Waals surface area (Å²) < 4.78 is 26.4. The van der Waals surface area contributed by atoms with Gasteiger partial charge in [-0.3, -0.25) is 9.59 Å². The molecule has 4 nitrogen and oxygen atoms in total. The van der Waals surface area contributed by atoms with Crippen LogP contribution in [0.5, 0.6) is 0 Å². The summed E-state index contributed by atoms with van der Waals surface area (Å²) >= 11 is 1.61. The van der Waals surface area contributed by atoms with E-state index in [0.717, 1.165) is 29.9 Å². The molecule has 1 saturated carbocycles. The van der Waals surface area contributed by atoms with E-state index in [1.807, 2.05) is 22.4 Å². The molecule has 132 valence electrons. The highest BCUT2D eigenvalue weighted by Crippen LogP contribution is 2.29. The van der Waals surface area contributed by atoms with Gasteiger partial charge in [0.25, 0.3) is 5.91 Å². The average molecular weight is 364 g/mol. The topological polar surface area (TPSA) is 49.4 Å². The number of rotatable bonds is 7. The van der Waals surface area contributed by atoms with Gasteiger partial charge >= 0.3 is 0 Å². The quantitative estimate of drug-likeness (QED) is 0.819. The smallest absolute Gasteiger partial charge is 0.254 e. The minimum absolute atomic E-state index is 0.0317. The van der Waals surface area contributed by atoms with E-state index in [1.54, 1.807) is 11.3 Å². The minimum Gasteiger partial charge on any atom is -0.351 e. The highest BCUT2D eigenvalue weighted by molar-refractivity contribution is 7.09. The molecule has 1 aliphatic rings. The molecule has 0 saturated heterocycles. The van der Waals surface area contributed by atoms with Gasteiger partial charge in [0.2, 0.25) is 5.91 Å². The zero-order valence-corrected chi connectivity index (χ0v) is 14.3. The number of hydrogen-bond donors (Lipinski definition) is 1. The van der Waals surface area contributed by atoms with Crippen molar-refractivity contribution in [2.24, 2.45) is 0 Å². The number of benzene rings is 1. The molecule has 0 atom stereocenters. The van der Waals surface area contributed by atoms with Crippen LogP contribution < -0.4 is 5.32 Å². The van der Waals surface area contributed by atoms with Crippen LogP contribution in [0.1, 0.15) is 34.5 Å². The van der Waals surface area contributed by atoms with Gasteiger partial charge < -0.3 is 10.2 Å². The molecule has 1 aromatic carbocycles. The standard InChI is InChI=1S/C18H18F2N2O2S/c19-12-3-6-15(16(20)10-12)18(24)21-8-7-17(23)22(13-4-5-13)11-14-2-1-9-25-14/h1-3,6,9-10,13H,4-5,7-8,11H2,(H,21,24). The number of carbonyl (C=O) groups excluding carboxylic acids is 2. The number of amides is 2. The second kappa shape index (κ2) is 7.74. The van der Waals surface area contributed by atoms with Crippen LogP contribution in [0.3, 0.4) is 0 Å². The maximum atomic E-state index is 13.6. The third kappa shape index (κ3) is 4.63. The van der Waals surface area contributed by atoms with E-state index >= 15 is 0 Å². The van der Waals surface area contributed by atoms with Crippen molar-refractivity contribution in [1.29, 1.82) is 0 Å². The molecular formula is C18H18F2N2O2S. The van der Waals surface area contributed by atoms with Crippen molar-refractivity contribution in [3.05, 3.63) is 57.8 Å². The van der Waals surface area contributed by atoms with Crippen molar-refractivity contribution in [3.63, 3.8) is 0 Å². The summed E-state index contributed by atoms with van der Waals surface area (Å²) in [5.41, 5.74) is -0.230. The Morgan fingerprint density at radius 1 is 1.24 bits per heavy atom. The molecule has 0 spiro atoms. The molecule has 7 heteroatoms. The predicted molar refractivity (Wildman–Crippen MR) is 91.2 cm³/mol. The van der Waals surface area contributed by atoms with Crippen molar-refractivity contribution in [2.75, 3.05) is 6.54 Å². The lowest BCUT2D eigenvalue weighted by molar-refractivity contribution is -0.132. The summed E-state index contributed by atoms with van der Waals surface area (Å²) in [7, 11) is 0. The lowest BCUT2D eigenvalue weighted by Crippen LogP contribution is -2.35. The normalized spacial score (nSPS) is 13.5. The molecule has 1 heterocycles. The van der Waals surface area contributed by atoms with Crippen LogP contribution >= 0.6 is 11.3 Å². The highest BCUT2D eigenvalue weighted by Gasteiger charge is 2.32. The first-order valence-electron chi connectivity index (χ1n) is 8.09. The summed E-state index contributed by atoms with van der Waals surface area (Å²) in [6.07, 6.45) is 2.16. The Morgan fingerprint density at radius 3 is 2.68 bits per heavy atom. The lowest BCUT2D eigenvalue weighted by Gasteiger charge is -2.22. The van der Waals surface area contributed by atoms with Crippen molar-refractivity contribution >= 4 is 23.2 Å². The molecule has 25 heavy (non-hydrogen) atoms. The molecule has 2 aromatic rings. The first kappa shape index (κ1) is 17.5. The molecule has 1 aliphatic carbocycles. The van der Waals surface area contributed by atoms with Crippen molar-refractivity contribution in [3.8, 4) is 0 Å². The zero-order chi connectivity index (χ0) is 17.8. The molecule has 1 N–H and O–H groups in total. The van der Waals surface area contributed by atoms with Crippen LogP contribution in [0.25, 0.3) is 0 Å². The number of nitrogens with one attached hydrogen (secondary N) is 1. The number of thiophene rings is 1. The van der Waals surface area contributed by atoms with Gasteiger partial charge in [-0.25, -0.2) is 8.78 Å². The minimum atomic E-state index is -0.916. The molecule has 0 unspecified atom stereocenters. The molecule has 1 fully saturated rings. The third-order valence-corrected chi connectivity index (χ3v) is 4.88. The van der Waals surface area contributed by atoms with E-state index in [1.165, 1.54) is 0 Å². The number of hydrogen-bond acceptors (Lipinski definition) is 3. The maximum Gasteiger partial charge on any atom is 0.254 e. The first-order chi connectivity index (χ1) is 12.0. The lowest BCUT2D eigenvalue weighted by atomic mass is 10.2. The molecule has 0 radical (unpaired) electrons. The van der Waals surface area contributed by atoms with E-state index < -0.39 is 17.5 Å². The fourth-order valence-electron chi connectivity index (χ4n) is 2.57. The monoisotopic (exact) mass is 364 g/mol. The molecular weight excluding hydrogens is 346 g/mol. The Labute approximate surface area is 148 Å². The van der Waals surface area contributed by atoms with Crippen molar-refractivity contribution in [1.82, 2.24) is 10.2 Å². The van der Waals surface area contributed by atoms with Gasteiger partial charge in [0, 0.05) is 30.0 Å². The summed E-state index contributed by atoms with van der Waals surface area (Å²) in [5, 5.41) is 4.49. The Hall–Kier alpha value is -2.28. The Morgan fingerprint density at radius 2 is 2.04 bits per heavy atom. The molecule has 3 rings (SSSR count). The SMILES string of the molecule is O=C(NCCC(=O)N(Cc1cccs1)C1CC1)c1ccc(F)cc1F. The summed E-state index contributed by atoms with van der Waals surface area (Å²) in [6, 6.07) is 7.00. The van der Waals surface area contributed by atoms with Crippen LogP contribution in [0, 0.1) is 11.6 Å². The Balaban J connectivity index is 1.51. The fraction of sp³-hybridized carbons (Fsp3) is 0.333. The molecule has 0 aliphatic heterocycles. The first-order valence-corrected chi connectivity index (χ1v) is 8.97. The van der Waals surface area contributed by atoms with Crippen LogP contribution in [0.4, 0.5) is 8.78 Å². The molecule has 0 bridgehead atoms. The highest BCUT2D eigenvalue weighted by atomic mass is 32.1. The second-order valence-corrected chi connectivity index (χ2v) is 6.99. The van der Waals surface area contributed by atoms with Crippen LogP contribution in [-0.4, -0.2) is 29.3 Å². The second-order valence-electron chi connectivity index (χ2n) is 5.96. The van der Waals surface area contributed by atoms with Crippen molar-refractivity contribution in [2.45, 2.75) is 31.8 Å². The van der Waals surface area contributed by atoms with Gasteiger partial charge in [-0.05, 0) is 36.4 Å². The Bertz CT molecular complexity index is 760. The Kier molecular flexibility index (Phi) is 5.43. The number of carbonyl (C=O) groups is 2. The zero-order valence-electron chi connectivity index (χ0n) is 13.5. The molecule has 1 aromatic heterocycles. The van der Waals surface area contributed by atoms with Gasteiger partial charge in [-0.1, -0.05) is 6.07 Å². The summed E-state index contributed by atoms with van der Waals surface area (Å²) in [6.45, 7) is 0.698. The van der Waals surface area contributed by atoms with Gasteiger partial charge in [0.1, 0.15) is 11.6 Å². The van der Waals surface area contributed by atoms with E-state index in [4.69, 9.17) is 0 Å². The molecule has 2 amide bonds. The largest absolute Gasteiger partial charge is 0.351 e. The third-order valence-electron chi connectivity index (χ3n) is 4.01. The van der Waals surface area contributed by atoms with E-state index in [0.29, 0.717) is 12.6 Å². The van der Waals surface area contributed by atoms with E-state index in [2.05, 4.69) is 5.32 Å².